The maximum atomic E-state index is 12.7. The van der Waals surface area contributed by atoms with Crippen LogP contribution in [0, 0.1) is 0 Å². The van der Waals surface area contributed by atoms with E-state index in [1.807, 2.05) is 30.3 Å². The first-order chi connectivity index (χ1) is 12.8. The lowest BCUT2D eigenvalue weighted by atomic mass is 10.1. The van der Waals surface area contributed by atoms with Gasteiger partial charge in [0.15, 0.2) is 0 Å². The van der Waals surface area contributed by atoms with Crippen molar-refractivity contribution in [3.8, 4) is 0 Å². The maximum absolute atomic E-state index is 12.7. The number of hydrogen-bond donors (Lipinski definition) is 1. The van der Waals surface area contributed by atoms with Crippen molar-refractivity contribution in [2.75, 3.05) is 13.1 Å². The maximum Gasteiger partial charge on any atom is 0.341 e. The number of halogens is 3. The van der Waals surface area contributed by atoms with E-state index in [4.69, 9.17) is 5.73 Å². The second-order valence-electron chi connectivity index (χ2n) is 6.07. The minimum atomic E-state index is -4.63. The number of rotatable bonds is 9. The molecule has 0 radical (unpaired) electrons. The molecule has 0 aliphatic carbocycles. The first-order valence-corrected chi connectivity index (χ1v) is 10.0. The molecule has 2 N–H and O–H groups in total. The van der Waals surface area contributed by atoms with E-state index in [0.29, 0.717) is 31.6 Å². The number of carbonyl (C=O) groups is 1. The molecule has 0 saturated heterocycles. The Morgan fingerprint density at radius 1 is 1.00 bits per heavy atom. The molecule has 9 heteroatoms. The summed E-state index contributed by atoms with van der Waals surface area (Å²) in [6.07, 6.45) is 0.705. The summed E-state index contributed by atoms with van der Waals surface area (Å²) in [6.45, 7) is 1.40. The molecule has 0 spiro atoms. The number of carbonyl (C=O) groups excluding carboxylic acids is 1. The summed E-state index contributed by atoms with van der Waals surface area (Å²) in [5.74, 6) is -3.61. The van der Waals surface area contributed by atoms with E-state index >= 15 is 0 Å². The Morgan fingerprint density at radius 3 is 2.14 bits per heavy atom. The normalized spacial score (nSPS) is 11.1. The minimum Gasteiger partial charge on any atom is -0.338 e. The Bertz CT molecular complexity index is 847. The zero-order chi connectivity index (χ0) is 19.9. The highest BCUT2D eigenvalue weighted by molar-refractivity contribution is 7.91. The van der Waals surface area contributed by atoms with Crippen LogP contribution in [0.1, 0.15) is 17.5 Å². The van der Waals surface area contributed by atoms with Crippen molar-refractivity contribution in [3.63, 3.8) is 0 Å². The SMILES string of the molecule is Cl.NCCCN(Cc1ccccc1)C(=O)Cc1ccc(S(=O)(=O)C(F)F)cc1. The standard InChI is InChI=1S/C19H22F2N2O3S.ClH/c20-19(21)27(25,26)17-9-7-15(8-10-17)13-18(24)23(12-4-11-22)14-16-5-2-1-3-6-16;/h1-3,5-10,19H,4,11-14,22H2;1H. The Hall–Kier alpha value is -2.03. The van der Waals surface area contributed by atoms with Crippen molar-refractivity contribution in [1.82, 2.24) is 4.90 Å². The van der Waals surface area contributed by atoms with Crippen LogP contribution in [0.3, 0.4) is 0 Å². The lowest BCUT2D eigenvalue weighted by molar-refractivity contribution is -0.131. The van der Waals surface area contributed by atoms with Gasteiger partial charge in [0.1, 0.15) is 0 Å². The molecule has 0 atom stereocenters. The third-order valence-corrected chi connectivity index (χ3v) is 5.44. The minimum absolute atomic E-state index is 0. The van der Waals surface area contributed by atoms with Gasteiger partial charge in [-0.2, -0.15) is 8.78 Å². The lowest BCUT2D eigenvalue weighted by Gasteiger charge is -2.23. The highest BCUT2D eigenvalue weighted by atomic mass is 35.5. The number of amides is 1. The molecular weight excluding hydrogens is 410 g/mol. The van der Waals surface area contributed by atoms with Crippen molar-refractivity contribution in [3.05, 3.63) is 65.7 Å². The summed E-state index contributed by atoms with van der Waals surface area (Å²) in [7, 11) is -4.63. The molecule has 0 heterocycles. The van der Waals surface area contributed by atoms with Gasteiger partial charge < -0.3 is 10.6 Å². The molecule has 0 bridgehead atoms. The van der Waals surface area contributed by atoms with Crippen LogP contribution in [0.4, 0.5) is 8.78 Å². The summed E-state index contributed by atoms with van der Waals surface area (Å²) >= 11 is 0. The third-order valence-electron chi connectivity index (χ3n) is 4.04. The second-order valence-corrected chi connectivity index (χ2v) is 7.99. The molecule has 28 heavy (non-hydrogen) atoms. The third kappa shape index (κ3) is 6.54. The summed E-state index contributed by atoms with van der Waals surface area (Å²) in [5, 5.41) is 0. The van der Waals surface area contributed by atoms with E-state index in [9.17, 15) is 22.0 Å². The molecule has 2 rings (SSSR count). The van der Waals surface area contributed by atoms with Crippen LogP contribution in [0.15, 0.2) is 59.5 Å². The highest BCUT2D eigenvalue weighted by Gasteiger charge is 2.26. The molecule has 2 aromatic rings. The van der Waals surface area contributed by atoms with Crippen LogP contribution in [-0.2, 0) is 27.6 Å². The van der Waals surface area contributed by atoms with E-state index in [1.165, 1.54) is 12.1 Å². The molecule has 0 fully saturated rings. The van der Waals surface area contributed by atoms with Gasteiger partial charge >= 0.3 is 5.76 Å². The summed E-state index contributed by atoms with van der Waals surface area (Å²) in [6, 6.07) is 14.5. The molecule has 0 unspecified atom stereocenters. The molecule has 5 nitrogen and oxygen atoms in total. The van der Waals surface area contributed by atoms with Gasteiger partial charge in [-0.3, -0.25) is 4.79 Å². The molecular formula is C19H23ClF2N2O3S. The zero-order valence-corrected chi connectivity index (χ0v) is 16.8. The van der Waals surface area contributed by atoms with Crippen LogP contribution in [-0.4, -0.2) is 38.1 Å². The van der Waals surface area contributed by atoms with Gasteiger partial charge in [-0.15, -0.1) is 12.4 Å². The van der Waals surface area contributed by atoms with Crippen molar-refractivity contribution in [1.29, 1.82) is 0 Å². The molecule has 2 aromatic carbocycles. The summed E-state index contributed by atoms with van der Waals surface area (Å²) in [4.78, 5) is 13.9. The molecule has 0 aromatic heterocycles. The van der Waals surface area contributed by atoms with Gasteiger partial charge in [0.25, 0.3) is 0 Å². The zero-order valence-electron chi connectivity index (χ0n) is 15.1. The largest absolute Gasteiger partial charge is 0.341 e. The van der Waals surface area contributed by atoms with E-state index in [0.717, 1.165) is 17.7 Å². The number of benzene rings is 2. The first kappa shape index (κ1) is 24.0. The van der Waals surface area contributed by atoms with Gasteiger partial charge in [0.05, 0.1) is 11.3 Å². The van der Waals surface area contributed by atoms with Crippen molar-refractivity contribution < 1.29 is 22.0 Å². The predicted octanol–water partition coefficient (Wildman–Crippen LogP) is 3.02. The molecule has 1 amide bonds. The first-order valence-electron chi connectivity index (χ1n) is 8.47. The fourth-order valence-corrected chi connectivity index (χ4v) is 3.29. The van der Waals surface area contributed by atoms with E-state index < -0.39 is 20.5 Å². The smallest absolute Gasteiger partial charge is 0.338 e. The van der Waals surface area contributed by atoms with Crippen molar-refractivity contribution >= 4 is 28.2 Å². The van der Waals surface area contributed by atoms with Gasteiger partial charge in [-0.25, -0.2) is 8.42 Å². The average molecular weight is 433 g/mol. The predicted molar refractivity (Wildman–Crippen MR) is 106 cm³/mol. The van der Waals surface area contributed by atoms with Crippen LogP contribution < -0.4 is 5.73 Å². The Balaban J connectivity index is 0.00000392. The number of sulfone groups is 1. The summed E-state index contributed by atoms with van der Waals surface area (Å²) in [5.41, 5.74) is 7.09. The van der Waals surface area contributed by atoms with E-state index in [-0.39, 0.29) is 24.7 Å². The van der Waals surface area contributed by atoms with Crippen LogP contribution in [0.5, 0.6) is 0 Å². The monoisotopic (exact) mass is 432 g/mol. The van der Waals surface area contributed by atoms with E-state index in [1.54, 1.807) is 4.90 Å². The fourth-order valence-electron chi connectivity index (χ4n) is 2.56. The average Bonchev–Trinajstić information content (AvgIpc) is 2.66. The molecule has 0 aliphatic heterocycles. The Labute approximate surface area is 169 Å². The number of alkyl halides is 2. The fraction of sp³-hybridized carbons (Fsp3) is 0.316. The Morgan fingerprint density at radius 2 is 1.61 bits per heavy atom. The summed E-state index contributed by atoms with van der Waals surface area (Å²) < 4.78 is 48.1. The molecule has 0 aliphatic rings. The van der Waals surface area contributed by atoms with Gasteiger partial charge in [-0.05, 0) is 36.2 Å². The second kappa shape index (κ2) is 11.1. The highest BCUT2D eigenvalue weighted by Crippen LogP contribution is 2.19. The number of hydrogen-bond acceptors (Lipinski definition) is 4. The topological polar surface area (TPSA) is 80.5 Å². The number of nitrogens with zero attached hydrogens (tertiary/aromatic N) is 1. The van der Waals surface area contributed by atoms with E-state index in [2.05, 4.69) is 0 Å². The van der Waals surface area contributed by atoms with Crippen LogP contribution >= 0.6 is 12.4 Å². The van der Waals surface area contributed by atoms with Crippen molar-refractivity contribution in [2.45, 2.75) is 30.0 Å². The quantitative estimate of drug-likeness (QED) is 0.660. The van der Waals surface area contributed by atoms with Gasteiger partial charge in [0, 0.05) is 13.1 Å². The van der Waals surface area contributed by atoms with Crippen molar-refractivity contribution in [2.24, 2.45) is 5.73 Å². The van der Waals surface area contributed by atoms with Crippen LogP contribution in [0.2, 0.25) is 0 Å². The molecule has 154 valence electrons. The Kier molecular flexibility index (Phi) is 9.51. The van der Waals surface area contributed by atoms with Gasteiger partial charge in [-0.1, -0.05) is 42.5 Å². The van der Waals surface area contributed by atoms with Crippen LogP contribution in [0.25, 0.3) is 0 Å². The van der Waals surface area contributed by atoms with Gasteiger partial charge in [0.2, 0.25) is 15.7 Å². The number of nitrogens with two attached hydrogens (primary N) is 1. The lowest BCUT2D eigenvalue weighted by Crippen LogP contribution is -2.33. The molecule has 0 saturated carbocycles.